The van der Waals surface area contributed by atoms with E-state index < -0.39 is 6.10 Å². The molecular formula is C23H24FN7O2. The fourth-order valence-electron chi connectivity index (χ4n) is 5.37. The first-order chi connectivity index (χ1) is 15.9. The summed E-state index contributed by atoms with van der Waals surface area (Å²) in [6.07, 6.45) is 4.04. The van der Waals surface area contributed by atoms with Gasteiger partial charge in [0.2, 0.25) is 0 Å². The predicted molar refractivity (Wildman–Crippen MR) is 121 cm³/mol. The molecule has 0 saturated heterocycles. The lowest BCUT2D eigenvalue weighted by Gasteiger charge is -2.37. The Morgan fingerprint density at radius 1 is 1.21 bits per heavy atom. The number of aliphatic hydroxyl groups is 1. The van der Waals surface area contributed by atoms with Crippen LogP contribution in [-0.4, -0.2) is 49.2 Å². The van der Waals surface area contributed by atoms with Gasteiger partial charge in [-0.15, -0.1) is 0 Å². The summed E-state index contributed by atoms with van der Waals surface area (Å²) >= 11 is 0. The number of ether oxygens (including phenoxy) is 1. The van der Waals surface area contributed by atoms with E-state index in [0.29, 0.717) is 47.7 Å². The average molecular weight is 449 g/mol. The second-order valence-corrected chi connectivity index (χ2v) is 8.97. The molecule has 2 aliphatic rings. The lowest BCUT2D eigenvalue weighted by molar-refractivity contribution is 0.0687. The highest BCUT2D eigenvalue weighted by Crippen LogP contribution is 2.48. The van der Waals surface area contributed by atoms with Crippen molar-refractivity contribution in [2.24, 2.45) is 11.7 Å². The number of aryl methyl sites for hydroxylation is 1. The van der Waals surface area contributed by atoms with Crippen molar-refractivity contribution >= 4 is 27.6 Å². The average Bonchev–Trinajstić information content (AvgIpc) is 3.11. The quantitative estimate of drug-likeness (QED) is 0.375. The van der Waals surface area contributed by atoms with Crippen LogP contribution in [0.25, 0.3) is 21.9 Å². The van der Waals surface area contributed by atoms with Gasteiger partial charge in [-0.2, -0.15) is 9.97 Å². The van der Waals surface area contributed by atoms with Gasteiger partial charge in [-0.1, -0.05) is 0 Å². The van der Waals surface area contributed by atoms with Crippen molar-refractivity contribution in [1.29, 1.82) is 0 Å². The maximum Gasteiger partial charge on any atom is 0.324 e. The third kappa shape index (κ3) is 3.12. The van der Waals surface area contributed by atoms with Gasteiger partial charge in [0.25, 0.3) is 0 Å². The zero-order chi connectivity index (χ0) is 22.9. The third-order valence-corrected chi connectivity index (χ3v) is 6.98. The SMILES string of the molecule is CNc1cc(F)c2c3c1[nH]c1nc(Oc4cnc(C)nc4)nc(c13)[C@H]1C[C@@H](N)[C@@H](O)C[C@@H]1C2. The molecule has 3 aromatic heterocycles. The molecule has 3 heterocycles. The van der Waals surface area contributed by atoms with E-state index in [4.69, 9.17) is 15.5 Å². The Morgan fingerprint density at radius 3 is 2.76 bits per heavy atom. The van der Waals surface area contributed by atoms with E-state index in [1.807, 2.05) is 0 Å². The number of nitrogens with two attached hydrogens (primary N) is 1. The van der Waals surface area contributed by atoms with E-state index in [1.165, 1.54) is 6.07 Å². The summed E-state index contributed by atoms with van der Waals surface area (Å²) in [4.78, 5) is 21.1. The number of fused-ring (bicyclic) bond motifs is 2. The molecule has 1 saturated carbocycles. The zero-order valence-corrected chi connectivity index (χ0v) is 18.3. The summed E-state index contributed by atoms with van der Waals surface area (Å²) in [7, 11) is 1.76. The number of rotatable bonds is 3. The number of hydrogen-bond donors (Lipinski definition) is 4. The standard InChI is InChI=1S/C23H24FN7O2/c1-9-27-7-11(8-28-9)33-23-30-20-12-5-15(25)17(32)4-10(12)3-13-14(24)6-16(26-2)21-18(13)19(20)22(29-21)31-23/h6-8,10,12,15,17,26,32H,3-5,25H2,1-2H3,(H,29,30,31)/t10-,12-,15+,17-/m0/s1. The van der Waals surface area contributed by atoms with Gasteiger partial charge in [-0.3, -0.25) is 0 Å². The van der Waals surface area contributed by atoms with Crippen molar-refractivity contribution in [3.8, 4) is 11.8 Å². The highest BCUT2D eigenvalue weighted by atomic mass is 19.1. The van der Waals surface area contributed by atoms with Crippen LogP contribution in [0.2, 0.25) is 0 Å². The van der Waals surface area contributed by atoms with Crippen LogP contribution >= 0.6 is 0 Å². The van der Waals surface area contributed by atoms with Gasteiger partial charge >= 0.3 is 6.01 Å². The van der Waals surface area contributed by atoms with Gasteiger partial charge in [-0.25, -0.2) is 14.4 Å². The highest BCUT2D eigenvalue weighted by molar-refractivity contribution is 6.13. The molecule has 1 fully saturated rings. The number of aromatic amines is 1. The second kappa shape index (κ2) is 7.32. The Hall–Kier alpha value is -3.37. The minimum Gasteiger partial charge on any atom is -0.421 e. The lowest BCUT2D eigenvalue weighted by Crippen LogP contribution is -2.44. The molecule has 0 radical (unpaired) electrons. The molecule has 4 aromatic rings. The summed E-state index contributed by atoms with van der Waals surface area (Å²) in [6.45, 7) is 1.79. The van der Waals surface area contributed by atoms with Gasteiger partial charge in [0, 0.05) is 29.8 Å². The lowest BCUT2D eigenvalue weighted by atomic mass is 9.72. The van der Waals surface area contributed by atoms with Crippen LogP contribution in [0, 0.1) is 18.7 Å². The summed E-state index contributed by atoms with van der Waals surface area (Å²) in [6, 6.07) is 1.29. The summed E-state index contributed by atoms with van der Waals surface area (Å²) in [5, 5.41) is 15.1. The van der Waals surface area contributed by atoms with Crippen LogP contribution in [0.4, 0.5) is 10.1 Å². The fraction of sp³-hybridized carbons (Fsp3) is 0.391. The van der Waals surface area contributed by atoms with E-state index in [9.17, 15) is 5.11 Å². The number of nitrogens with one attached hydrogen (secondary N) is 2. The van der Waals surface area contributed by atoms with Crippen molar-refractivity contribution in [1.82, 2.24) is 24.9 Å². The number of aromatic nitrogens is 5. The first-order valence-corrected chi connectivity index (χ1v) is 11.1. The van der Waals surface area contributed by atoms with Gasteiger partial charge in [0.15, 0.2) is 5.75 Å². The van der Waals surface area contributed by atoms with Crippen molar-refractivity contribution in [2.45, 2.75) is 44.2 Å². The molecular weight excluding hydrogens is 425 g/mol. The van der Waals surface area contributed by atoms with E-state index in [1.54, 1.807) is 26.4 Å². The Kier molecular flexibility index (Phi) is 4.49. The Bertz CT molecular complexity index is 1390. The summed E-state index contributed by atoms with van der Waals surface area (Å²) in [5.74, 6) is 0.716. The number of nitrogens with zero attached hydrogens (tertiary/aromatic N) is 4. The molecule has 0 amide bonds. The number of aliphatic hydroxyl groups excluding tert-OH is 1. The van der Waals surface area contributed by atoms with Crippen LogP contribution in [0.5, 0.6) is 11.8 Å². The molecule has 2 aliphatic carbocycles. The maximum absolute atomic E-state index is 15.3. The van der Waals surface area contributed by atoms with Crippen molar-refractivity contribution in [2.75, 3.05) is 12.4 Å². The monoisotopic (exact) mass is 449 g/mol. The predicted octanol–water partition coefficient (Wildman–Crippen LogP) is 2.92. The number of hydrogen-bond acceptors (Lipinski definition) is 8. The molecule has 6 rings (SSSR count). The van der Waals surface area contributed by atoms with Crippen LogP contribution < -0.4 is 15.8 Å². The van der Waals surface area contributed by atoms with E-state index in [2.05, 4.69) is 25.3 Å². The van der Waals surface area contributed by atoms with E-state index in [0.717, 1.165) is 22.0 Å². The first kappa shape index (κ1) is 20.3. The van der Waals surface area contributed by atoms with Crippen LogP contribution in [0.15, 0.2) is 18.5 Å². The zero-order valence-electron chi connectivity index (χ0n) is 18.3. The van der Waals surface area contributed by atoms with Crippen molar-refractivity contribution in [3.05, 3.63) is 41.4 Å². The van der Waals surface area contributed by atoms with Crippen molar-refractivity contribution in [3.63, 3.8) is 0 Å². The smallest absolute Gasteiger partial charge is 0.324 e. The topological polar surface area (TPSA) is 135 Å². The number of H-pyrrole nitrogens is 1. The van der Waals surface area contributed by atoms with Gasteiger partial charge in [-0.05, 0) is 43.7 Å². The van der Waals surface area contributed by atoms with E-state index >= 15 is 4.39 Å². The van der Waals surface area contributed by atoms with Crippen LogP contribution in [0.1, 0.15) is 35.8 Å². The molecule has 10 heteroatoms. The Balaban J connectivity index is 1.61. The Morgan fingerprint density at radius 2 is 2.00 bits per heavy atom. The highest BCUT2D eigenvalue weighted by Gasteiger charge is 2.41. The van der Waals surface area contributed by atoms with Crippen LogP contribution in [0.3, 0.4) is 0 Å². The summed E-state index contributed by atoms with van der Waals surface area (Å²) in [5.41, 5.74) is 9.64. The minimum absolute atomic E-state index is 0.000932. The van der Waals surface area contributed by atoms with Crippen molar-refractivity contribution < 1.29 is 14.2 Å². The largest absolute Gasteiger partial charge is 0.421 e. The number of benzene rings is 1. The number of halogens is 1. The molecule has 0 spiro atoms. The van der Waals surface area contributed by atoms with Crippen LogP contribution in [-0.2, 0) is 6.42 Å². The molecule has 0 unspecified atom stereocenters. The van der Waals surface area contributed by atoms with E-state index in [-0.39, 0.29) is 29.7 Å². The van der Waals surface area contributed by atoms with Gasteiger partial charge < -0.3 is 25.9 Å². The normalized spacial score (nSPS) is 24.2. The number of anilines is 1. The second-order valence-electron chi connectivity index (χ2n) is 8.97. The molecule has 4 atom stereocenters. The molecule has 33 heavy (non-hydrogen) atoms. The molecule has 9 nitrogen and oxygen atoms in total. The Labute approximate surface area is 188 Å². The molecule has 1 aromatic carbocycles. The van der Waals surface area contributed by atoms with Gasteiger partial charge in [0.1, 0.15) is 17.3 Å². The summed E-state index contributed by atoms with van der Waals surface area (Å²) < 4.78 is 21.2. The van der Waals surface area contributed by atoms with Gasteiger partial charge in [0.05, 0.1) is 35.4 Å². The molecule has 0 aliphatic heterocycles. The maximum atomic E-state index is 15.3. The fourth-order valence-corrected chi connectivity index (χ4v) is 5.37. The molecule has 0 bridgehead atoms. The first-order valence-electron chi connectivity index (χ1n) is 11.1. The molecule has 5 N–H and O–H groups in total. The third-order valence-electron chi connectivity index (χ3n) is 6.98. The molecule has 170 valence electrons. The minimum atomic E-state index is -0.627.